The van der Waals surface area contributed by atoms with Crippen LogP contribution in [0.25, 0.3) is 27.2 Å². The second-order valence-electron chi connectivity index (χ2n) is 8.65. The third kappa shape index (κ3) is 7.98. The van der Waals surface area contributed by atoms with Gasteiger partial charge in [0.2, 0.25) is 0 Å². The zero-order chi connectivity index (χ0) is 31.8. The summed E-state index contributed by atoms with van der Waals surface area (Å²) >= 11 is -0.750. The van der Waals surface area contributed by atoms with E-state index in [1.54, 1.807) is 13.0 Å². The molecule has 4 aromatic rings. The van der Waals surface area contributed by atoms with Crippen LogP contribution in [0.15, 0.2) is 91.0 Å². The smallest absolute Gasteiger partial charge is 0.333 e. The van der Waals surface area contributed by atoms with Crippen molar-refractivity contribution in [2.24, 2.45) is 0 Å². The van der Waals surface area contributed by atoms with Gasteiger partial charge in [0.05, 0.1) is 11.2 Å². The van der Waals surface area contributed by atoms with E-state index in [0.29, 0.717) is 29.8 Å². The molecule has 1 aliphatic carbocycles. The fraction of sp³-hybridized carbons (Fsp3) is 0.278. The molecular formula is C36H43NO4S. The van der Waals surface area contributed by atoms with Crippen LogP contribution in [0.1, 0.15) is 82.1 Å². The van der Waals surface area contributed by atoms with Gasteiger partial charge in [-0.15, -0.1) is 0 Å². The minimum Gasteiger partial charge on any atom is -0.333 e. The lowest BCUT2D eigenvalue weighted by Gasteiger charge is -2.13. The number of benzene rings is 3. The summed E-state index contributed by atoms with van der Waals surface area (Å²) in [5, 5.41) is 3.06. The van der Waals surface area contributed by atoms with Gasteiger partial charge in [-0.05, 0) is 41.3 Å². The standard InChI is InChI=1S/C30H25NO2.3C2H6.O2S/c1-19-10-4-6-13-23(19)18-31-26-17-16-22-12-7-9-14-24(22)27(26)28(29(31)21(3)32)25-15-8-5-11-20(2)30(25)33;3*1-2;1-3-2/h4-7,9-17H,2,8,18H2,1,3H3;3*1-2H3;. The molecule has 0 bridgehead atoms. The van der Waals surface area contributed by atoms with Crippen molar-refractivity contribution in [2.45, 2.75) is 68.4 Å². The van der Waals surface area contributed by atoms with Gasteiger partial charge in [-0.3, -0.25) is 9.59 Å². The molecule has 0 saturated carbocycles. The van der Waals surface area contributed by atoms with Crippen LogP contribution < -0.4 is 0 Å². The fourth-order valence-corrected chi connectivity index (χ4v) is 4.83. The predicted octanol–water partition coefficient (Wildman–Crippen LogP) is 9.23. The van der Waals surface area contributed by atoms with Gasteiger partial charge in [0.1, 0.15) is 0 Å². The molecule has 42 heavy (non-hydrogen) atoms. The van der Waals surface area contributed by atoms with Crippen LogP contribution in [-0.4, -0.2) is 24.6 Å². The Morgan fingerprint density at radius 3 is 2.12 bits per heavy atom. The van der Waals surface area contributed by atoms with Crippen molar-refractivity contribution in [3.05, 3.63) is 113 Å². The summed E-state index contributed by atoms with van der Waals surface area (Å²) in [5.41, 5.74) is 5.54. The first kappa shape index (κ1) is 35.9. The first-order valence-corrected chi connectivity index (χ1v) is 15.2. The number of Topliss-reactive ketones (excluding diaryl/α,β-unsaturated/α-hetero) is 2. The quantitative estimate of drug-likeness (QED) is 0.177. The molecule has 0 spiro atoms. The van der Waals surface area contributed by atoms with E-state index in [1.165, 1.54) is 5.56 Å². The summed E-state index contributed by atoms with van der Waals surface area (Å²) in [4.78, 5) is 26.6. The highest BCUT2D eigenvalue weighted by molar-refractivity contribution is 7.51. The van der Waals surface area contributed by atoms with Crippen molar-refractivity contribution in [1.82, 2.24) is 4.57 Å². The number of carbonyl (C=O) groups is 2. The average molecular weight is 586 g/mol. The molecule has 6 heteroatoms. The second kappa shape index (κ2) is 18.3. The first-order chi connectivity index (χ1) is 20.4. The van der Waals surface area contributed by atoms with Crippen molar-refractivity contribution in [3.8, 4) is 0 Å². The van der Waals surface area contributed by atoms with Crippen LogP contribution in [0.3, 0.4) is 0 Å². The molecule has 0 N–H and O–H groups in total. The highest BCUT2D eigenvalue weighted by Crippen LogP contribution is 2.39. The van der Waals surface area contributed by atoms with E-state index < -0.39 is 11.6 Å². The molecule has 0 aliphatic heterocycles. The molecule has 1 aliphatic rings. The number of hydrogen-bond donors (Lipinski definition) is 0. The van der Waals surface area contributed by atoms with E-state index >= 15 is 0 Å². The Morgan fingerprint density at radius 1 is 0.905 bits per heavy atom. The Balaban J connectivity index is 0.000000890. The van der Waals surface area contributed by atoms with Gasteiger partial charge in [-0.2, -0.15) is 8.42 Å². The Hall–Kier alpha value is -4.16. The summed E-state index contributed by atoms with van der Waals surface area (Å²) in [6.07, 6.45) is 6.25. The van der Waals surface area contributed by atoms with Gasteiger partial charge in [0.25, 0.3) is 0 Å². The van der Waals surface area contributed by atoms with Crippen LogP contribution in [-0.2, 0) is 22.9 Å². The molecule has 5 nitrogen and oxygen atoms in total. The van der Waals surface area contributed by atoms with Gasteiger partial charge in [-0.25, -0.2) is 0 Å². The van der Waals surface area contributed by atoms with Crippen molar-refractivity contribution >= 4 is 50.4 Å². The predicted molar refractivity (Wildman–Crippen MR) is 179 cm³/mol. The Labute approximate surface area is 254 Å². The molecule has 0 atom stereocenters. The van der Waals surface area contributed by atoms with E-state index in [1.807, 2.05) is 78.0 Å². The van der Waals surface area contributed by atoms with Crippen LogP contribution in [0, 0.1) is 6.92 Å². The van der Waals surface area contributed by atoms with Gasteiger partial charge >= 0.3 is 11.6 Å². The summed E-state index contributed by atoms with van der Waals surface area (Å²) in [7, 11) is 0. The molecule has 0 unspecified atom stereocenters. The number of nitrogens with zero attached hydrogens (tertiary/aromatic N) is 1. The summed E-state index contributed by atoms with van der Waals surface area (Å²) in [6, 6.07) is 20.5. The van der Waals surface area contributed by atoms with E-state index in [2.05, 4.69) is 54.5 Å². The fourth-order valence-electron chi connectivity index (χ4n) is 4.83. The third-order valence-corrected chi connectivity index (χ3v) is 6.46. The minimum atomic E-state index is -0.750. The zero-order valence-corrected chi connectivity index (χ0v) is 26.9. The van der Waals surface area contributed by atoms with E-state index in [4.69, 9.17) is 8.42 Å². The van der Waals surface area contributed by atoms with Crippen LogP contribution in [0.5, 0.6) is 0 Å². The summed E-state index contributed by atoms with van der Waals surface area (Å²) in [5.74, 6) is -0.190. The lowest BCUT2D eigenvalue weighted by molar-refractivity contribution is -0.110. The van der Waals surface area contributed by atoms with Crippen molar-refractivity contribution in [3.63, 3.8) is 0 Å². The number of fused-ring (bicyclic) bond motifs is 3. The number of hydrogen-bond acceptors (Lipinski definition) is 4. The molecule has 3 aromatic carbocycles. The Morgan fingerprint density at radius 2 is 1.50 bits per heavy atom. The lowest BCUT2D eigenvalue weighted by Crippen LogP contribution is -2.12. The van der Waals surface area contributed by atoms with E-state index in [9.17, 15) is 9.59 Å². The minimum absolute atomic E-state index is 0.0598. The molecule has 5 rings (SSSR count). The lowest BCUT2D eigenvalue weighted by atomic mass is 9.92. The van der Waals surface area contributed by atoms with Gasteiger partial charge in [-0.1, -0.05) is 121 Å². The third-order valence-electron chi connectivity index (χ3n) is 6.46. The Bertz CT molecular complexity index is 1630. The number of aromatic nitrogens is 1. The molecule has 222 valence electrons. The first-order valence-electron chi connectivity index (χ1n) is 14.5. The number of ketones is 2. The van der Waals surface area contributed by atoms with Crippen molar-refractivity contribution in [2.75, 3.05) is 0 Å². The number of carbonyl (C=O) groups excluding carboxylic acids is 2. The maximum atomic E-state index is 13.4. The zero-order valence-electron chi connectivity index (χ0n) is 26.1. The summed E-state index contributed by atoms with van der Waals surface area (Å²) < 4.78 is 18.7. The molecular weight excluding hydrogens is 542 g/mol. The van der Waals surface area contributed by atoms with Crippen LogP contribution in [0.2, 0.25) is 0 Å². The highest BCUT2D eigenvalue weighted by Gasteiger charge is 2.28. The average Bonchev–Trinajstić information content (AvgIpc) is 3.26. The molecule has 0 saturated heterocycles. The number of aryl methyl sites for hydroxylation is 1. The maximum Gasteiger partial charge on any atom is 0.335 e. The molecule has 1 heterocycles. The molecule has 0 amide bonds. The number of allylic oxidation sites excluding steroid dienone is 5. The van der Waals surface area contributed by atoms with E-state index in [0.717, 1.165) is 32.8 Å². The monoisotopic (exact) mass is 585 g/mol. The normalized spacial score (nSPS) is 11.8. The molecule has 0 radical (unpaired) electrons. The van der Waals surface area contributed by atoms with Crippen LogP contribution in [0.4, 0.5) is 0 Å². The van der Waals surface area contributed by atoms with Gasteiger partial charge in [0.15, 0.2) is 11.6 Å². The second-order valence-corrected chi connectivity index (χ2v) is 8.79. The largest absolute Gasteiger partial charge is 0.335 e. The van der Waals surface area contributed by atoms with Crippen molar-refractivity contribution in [1.29, 1.82) is 0 Å². The molecule has 0 fully saturated rings. The number of rotatable bonds is 4. The highest BCUT2D eigenvalue weighted by atomic mass is 32.1. The van der Waals surface area contributed by atoms with Gasteiger partial charge < -0.3 is 4.57 Å². The van der Waals surface area contributed by atoms with Crippen LogP contribution >= 0.6 is 0 Å². The molecule has 1 aromatic heterocycles. The SMILES string of the molecule is C=C1C=CCC=C(c2c(C(C)=O)n(Cc3ccccc3C)c3ccc4ccccc4c23)C1=O.CC.CC.CC.O=S=O. The van der Waals surface area contributed by atoms with Crippen molar-refractivity contribution < 1.29 is 18.0 Å². The topological polar surface area (TPSA) is 73.2 Å². The van der Waals surface area contributed by atoms with Gasteiger partial charge in [0, 0.05) is 35.6 Å². The summed E-state index contributed by atoms with van der Waals surface area (Å²) in [6.45, 7) is 20.2. The maximum absolute atomic E-state index is 13.4. The Kier molecular flexibility index (Phi) is 15.6. The van der Waals surface area contributed by atoms with E-state index in [-0.39, 0.29) is 11.6 Å².